The average Bonchev–Trinajstić information content (AvgIpc) is 3.33. The number of carbonyl (C=O) groups is 1. The summed E-state index contributed by atoms with van der Waals surface area (Å²) in [4.78, 5) is 27.3. The van der Waals surface area contributed by atoms with Crippen molar-refractivity contribution in [3.8, 4) is 17.1 Å². The van der Waals surface area contributed by atoms with E-state index in [9.17, 15) is 4.79 Å². The van der Waals surface area contributed by atoms with Gasteiger partial charge in [0.2, 0.25) is 0 Å². The quantitative estimate of drug-likeness (QED) is 0.492. The van der Waals surface area contributed by atoms with Crippen molar-refractivity contribution < 1.29 is 9.53 Å². The highest BCUT2D eigenvalue weighted by Gasteiger charge is 2.26. The fourth-order valence-electron chi connectivity index (χ4n) is 4.13. The molecule has 1 saturated carbocycles. The third-order valence-electron chi connectivity index (χ3n) is 6.04. The minimum Gasteiger partial charge on any atom is -0.378 e. The molecule has 4 aromatic rings. The smallest absolute Gasteiger partial charge is 0.287 e. The molecule has 3 aromatic heterocycles. The zero-order valence-electron chi connectivity index (χ0n) is 18.4. The number of nitrogens with one attached hydrogen (secondary N) is 2. The van der Waals surface area contributed by atoms with Crippen molar-refractivity contribution in [3.05, 3.63) is 54.0 Å². The van der Waals surface area contributed by atoms with Gasteiger partial charge in [0.1, 0.15) is 5.52 Å². The van der Waals surface area contributed by atoms with Crippen LogP contribution in [0.25, 0.3) is 28.2 Å². The van der Waals surface area contributed by atoms with Gasteiger partial charge in [0.05, 0.1) is 24.6 Å². The van der Waals surface area contributed by atoms with Crippen molar-refractivity contribution >= 4 is 22.8 Å². The number of pyridine rings is 1. The molecule has 1 amide bonds. The molecular weight excluding hydrogens is 418 g/mol. The molecule has 9 heteroatoms. The van der Waals surface area contributed by atoms with E-state index in [1.165, 1.54) is 5.56 Å². The number of nitrogens with zero attached hydrogens (tertiary/aromatic N) is 5. The summed E-state index contributed by atoms with van der Waals surface area (Å²) >= 11 is 0. The third-order valence-corrected chi connectivity index (χ3v) is 6.04. The van der Waals surface area contributed by atoms with E-state index < -0.39 is 0 Å². The second-order valence-electron chi connectivity index (χ2n) is 8.65. The van der Waals surface area contributed by atoms with E-state index in [1.807, 2.05) is 30.5 Å². The zero-order valence-corrected chi connectivity index (χ0v) is 18.4. The number of H-pyrrole nitrogens is 1. The van der Waals surface area contributed by atoms with Crippen LogP contribution in [0.1, 0.15) is 29.0 Å². The van der Waals surface area contributed by atoms with Crippen molar-refractivity contribution in [2.24, 2.45) is 0 Å². The molecule has 0 bridgehead atoms. The lowest BCUT2D eigenvalue weighted by Gasteiger charge is -2.29. The van der Waals surface area contributed by atoms with Gasteiger partial charge in [-0.05, 0) is 31.9 Å². The number of amides is 1. The number of morpholine rings is 1. The highest BCUT2D eigenvalue weighted by molar-refractivity contribution is 5.97. The largest absolute Gasteiger partial charge is 0.378 e. The number of aryl methyl sites for hydroxylation is 1. The lowest BCUT2D eigenvalue weighted by Crippen LogP contribution is -2.36. The van der Waals surface area contributed by atoms with Gasteiger partial charge in [-0.1, -0.05) is 23.8 Å². The van der Waals surface area contributed by atoms with Crippen LogP contribution in [-0.2, 0) is 4.74 Å². The van der Waals surface area contributed by atoms with Gasteiger partial charge in [0, 0.05) is 37.0 Å². The summed E-state index contributed by atoms with van der Waals surface area (Å²) in [6, 6.07) is 12.5. The molecule has 2 aliphatic rings. The molecule has 0 radical (unpaired) electrons. The Morgan fingerprint density at radius 2 is 2.00 bits per heavy atom. The van der Waals surface area contributed by atoms with Crippen LogP contribution in [0.15, 0.2) is 42.6 Å². The number of benzene rings is 1. The fraction of sp³-hybridized carbons (Fsp3) is 0.333. The Morgan fingerprint density at radius 1 is 1.15 bits per heavy atom. The topological polar surface area (TPSA) is 101 Å². The van der Waals surface area contributed by atoms with Crippen LogP contribution < -0.4 is 10.2 Å². The number of anilines is 1. The Morgan fingerprint density at radius 3 is 2.79 bits per heavy atom. The number of rotatable bonds is 5. The molecule has 1 saturated heterocycles. The summed E-state index contributed by atoms with van der Waals surface area (Å²) in [6.45, 7) is 4.89. The van der Waals surface area contributed by atoms with Gasteiger partial charge in [-0.2, -0.15) is 5.10 Å². The number of aromatic nitrogens is 5. The van der Waals surface area contributed by atoms with Crippen LogP contribution in [0.3, 0.4) is 0 Å². The maximum absolute atomic E-state index is 12.6. The Bertz CT molecular complexity index is 1330. The molecule has 1 aromatic carbocycles. The van der Waals surface area contributed by atoms with Crippen molar-refractivity contribution in [1.82, 2.24) is 30.0 Å². The van der Waals surface area contributed by atoms with Crippen molar-refractivity contribution in [1.29, 1.82) is 0 Å². The summed E-state index contributed by atoms with van der Waals surface area (Å²) in [7, 11) is 0. The standard InChI is InChI=1S/C24H25N7O2/c1-15-3-2-4-16(13-15)18-7-8-31(29-18)20-14-19(30-9-11-33-12-10-30)21-22(26-20)28-23(27-21)24(32)25-17-5-6-17/h2-4,7-8,13-14,17H,5-6,9-12H2,1H3,(H,25,32)(H,26,27,28). The second kappa shape index (κ2) is 8.00. The fourth-order valence-corrected chi connectivity index (χ4v) is 4.13. The van der Waals surface area contributed by atoms with Gasteiger partial charge in [-0.15, -0.1) is 0 Å². The Labute approximate surface area is 190 Å². The molecule has 0 unspecified atom stereocenters. The van der Waals surface area contributed by atoms with Gasteiger partial charge in [0.25, 0.3) is 5.91 Å². The van der Waals surface area contributed by atoms with Crippen molar-refractivity contribution in [3.63, 3.8) is 0 Å². The minimum absolute atomic E-state index is 0.189. The van der Waals surface area contributed by atoms with E-state index in [2.05, 4.69) is 39.2 Å². The normalized spacial score (nSPS) is 16.3. The first-order chi connectivity index (χ1) is 16.1. The minimum atomic E-state index is -0.189. The van der Waals surface area contributed by atoms with Crippen molar-refractivity contribution in [2.75, 3.05) is 31.2 Å². The zero-order chi connectivity index (χ0) is 22.4. The van der Waals surface area contributed by atoms with Crippen LogP contribution in [0.4, 0.5) is 5.69 Å². The number of aromatic amines is 1. The molecule has 0 atom stereocenters. The molecule has 4 heterocycles. The van der Waals surface area contributed by atoms with Gasteiger partial charge in [-0.25, -0.2) is 14.6 Å². The van der Waals surface area contributed by atoms with E-state index in [0.29, 0.717) is 24.7 Å². The molecule has 9 nitrogen and oxygen atoms in total. The van der Waals surface area contributed by atoms with E-state index in [1.54, 1.807) is 4.68 Å². The number of hydrogen-bond donors (Lipinski definition) is 2. The second-order valence-corrected chi connectivity index (χ2v) is 8.65. The number of fused-ring (bicyclic) bond motifs is 1. The van der Waals surface area contributed by atoms with E-state index >= 15 is 0 Å². The molecule has 2 fully saturated rings. The molecule has 2 N–H and O–H groups in total. The van der Waals surface area contributed by atoms with Crippen LogP contribution in [0.5, 0.6) is 0 Å². The van der Waals surface area contributed by atoms with Gasteiger partial charge >= 0.3 is 0 Å². The lowest BCUT2D eigenvalue weighted by molar-refractivity contribution is 0.0942. The van der Waals surface area contributed by atoms with Gasteiger partial charge in [0.15, 0.2) is 17.3 Å². The molecule has 1 aliphatic heterocycles. The van der Waals surface area contributed by atoms with E-state index in [4.69, 9.17) is 14.8 Å². The number of imidazole rings is 1. The van der Waals surface area contributed by atoms with Crippen LogP contribution in [0, 0.1) is 6.92 Å². The average molecular weight is 444 g/mol. The Hall–Kier alpha value is -3.72. The first kappa shape index (κ1) is 19.9. The summed E-state index contributed by atoms with van der Waals surface area (Å²) in [5.41, 5.74) is 5.32. The maximum atomic E-state index is 12.6. The molecule has 1 aliphatic carbocycles. The van der Waals surface area contributed by atoms with E-state index in [-0.39, 0.29) is 17.8 Å². The number of ether oxygens (including phenoxy) is 1. The maximum Gasteiger partial charge on any atom is 0.287 e. The highest BCUT2D eigenvalue weighted by Crippen LogP contribution is 2.29. The van der Waals surface area contributed by atoms with Crippen molar-refractivity contribution in [2.45, 2.75) is 25.8 Å². The van der Waals surface area contributed by atoms with Crippen LogP contribution in [0.2, 0.25) is 0 Å². The molecular formula is C24H25N7O2. The highest BCUT2D eigenvalue weighted by atomic mass is 16.5. The predicted octanol–water partition coefficient (Wildman–Crippen LogP) is 2.85. The molecule has 168 valence electrons. The SMILES string of the molecule is Cc1cccc(-c2ccn(-c3cc(N4CCOCC4)c4[nH]c(C(=O)NC5CC5)nc4n3)n2)c1. The summed E-state index contributed by atoms with van der Waals surface area (Å²) in [5.74, 6) is 0.756. The summed E-state index contributed by atoms with van der Waals surface area (Å²) in [5, 5.41) is 7.76. The summed E-state index contributed by atoms with van der Waals surface area (Å²) in [6.07, 6.45) is 3.95. The molecule has 6 rings (SSSR count). The van der Waals surface area contributed by atoms with Gasteiger partial charge < -0.3 is 19.9 Å². The Kier molecular flexibility index (Phi) is 4.83. The molecule has 0 spiro atoms. The summed E-state index contributed by atoms with van der Waals surface area (Å²) < 4.78 is 7.30. The Balaban J connectivity index is 1.42. The first-order valence-electron chi connectivity index (χ1n) is 11.3. The van der Waals surface area contributed by atoms with Crippen LogP contribution >= 0.6 is 0 Å². The van der Waals surface area contributed by atoms with E-state index in [0.717, 1.165) is 48.4 Å². The van der Waals surface area contributed by atoms with Crippen LogP contribution in [-0.4, -0.2) is 63.0 Å². The first-order valence-corrected chi connectivity index (χ1v) is 11.3. The predicted molar refractivity (Wildman–Crippen MR) is 125 cm³/mol. The number of hydrogen-bond acceptors (Lipinski definition) is 6. The number of carbonyl (C=O) groups excluding carboxylic acids is 1. The van der Waals surface area contributed by atoms with Gasteiger partial charge in [-0.3, -0.25) is 4.79 Å². The molecule has 33 heavy (non-hydrogen) atoms. The lowest BCUT2D eigenvalue weighted by atomic mass is 10.1. The third kappa shape index (κ3) is 3.95. The monoisotopic (exact) mass is 443 g/mol.